The highest BCUT2D eigenvalue weighted by Gasteiger charge is 2.15. The molecular formula is C16H21N3O. The second-order valence-corrected chi connectivity index (χ2v) is 5.27. The van der Waals surface area contributed by atoms with Crippen molar-refractivity contribution in [2.45, 2.75) is 38.0 Å². The molecule has 1 aliphatic carbocycles. The Labute approximate surface area is 120 Å². The number of carbonyl (C=O) groups excluding carboxylic acids is 1. The largest absolute Gasteiger partial charge is 0.325 e. The highest BCUT2D eigenvalue weighted by molar-refractivity contribution is 5.92. The monoisotopic (exact) mass is 271 g/mol. The van der Waals surface area contributed by atoms with Crippen molar-refractivity contribution in [3.63, 3.8) is 0 Å². The lowest BCUT2D eigenvalue weighted by atomic mass is 9.84. The third-order valence-corrected chi connectivity index (χ3v) is 3.76. The molecule has 0 spiro atoms. The van der Waals surface area contributed by atoms with Crippen LogP contribution in [0.3, 0.4) is 0 Å². The van der Waals surface area contributed by atoms with Crippen LogP contribution in [-0.2, 0) is 4.79 Å². The van der Waals surface area contributed by atoms with Gasteiger partial charge in [0.05, 0.1) is 19.2 Å². The Balaban J connectivity index is 1.84. The van der Waals surface area contributed by atoms with Crippen molar-refractivity contribution >= 4 is 11.6 Å². The lowest BCUT2D eigenvalue weighted by Crippen LogP contribution is -2.28. The van der Waals surface area contributed by atoms with Crippen LogP contribution >= 0.6 is 0 Å². The first-order valence-electron chi connectivity index (χ1n) is 7.27. The van der Waals surface area contributed by atoms with E-state index in [4.69, 9.17) is 5.26 Å². The van der Waals surface area contributed by atoms with Gasteiger partial charge < -0.3 is 5.32 Å². The average molecular weight is 271 g/mol. The summed E-state index contributed by atoms with van der Waals surface area (Å²) < 4.78 is 0. The number of nitrogens with one attached hydrogen (secondary N) is 2. The molecular weight excluding hydrogens is 250 g/mol. The fourth-order valence-corrected chi connectivity index (χ4v) is 2.71. The van der Waals surface area contributed by atoms with E-state index in [1.165, 1.54) is 37.7 Å². The Kier molecular flexibility index (Phi) is 5.57. The first-order chi connectivity index (χ1) is 9.79. The summed E-state index contributed by atoms with van der Waals surface area (Å²) in [6, 6.07) is 10.1. The van der Waals surface area contributed by atoms with Gasteiger partial charge in [0, 0.05) is 5.69 Å². The topological polar surface area (TPSA) is 64.9 Å². The number of nitriles is 1. The molecule has 1 aromatic rings. The normalized spacial score (nSPS) is 15.6. The molecule has 0 aliphatic heterocycles. The van der Waals surface area contributed by atoms with E-state index in [0.29, 0.717) is 5.92 Å². The number of amides is 1. The smallest absolute Gasteiger partial charge is 0.238 e. The van der Waals surface area contributed by atoms with E-state index < -0.39 is 0 Å². The molecule has 0 heterocycles. The molecule has 1 aromatic carbocycles. The number of rotatable bonds is 5. The minimum absolute atomic E-state index is 0.120. The van der Waals surface area contributed by atoms with Crippen molar-refractivity contribution in [2.75, 3.05) is 18.4 Å². The molecule has 0 saturated heterocycles. The molecule has 20 heavy (non-hydrogen) atoms. The van der Waals surface area contributed by atoms with Gasteiger partial charge in [-0.05, 0) is 36.5 Å². The quantitative estimate of drug-likeness (QED) is 0.639. The van der Waals surface area contributed by atoms with Gasteiger partial charge in [-0.1, -0.05) is 31.4 Å². The van der Waals surface area contributed by atoms with Crippen molar-refractivity contribution < 1.29 is 4.79 Å². The van der Waals surface area contributed by atoms with E-state index in [1.54, 1.807) is 0 Å². The maximum absolute atomic E-state index is 11.6. The molecule has 2 N–H and O–H groups in total. The van der Waals surface area contributed by atoms with Crippen LogP contribution < -0.4 is 10.6 Å². The average Bonchev–Trinajstić information content (AvgIpc) is 2.49. The standard InChI is InChI=1S/C16H21N3O/c17-10-11-18-12-16(20)19-15-8-6-14(7-9-15)13-4-2-1-3-5-13/h6-9,13,18H,1-5,11-12H2,(H,19,20). The number of hydrogen-bond acceptors (Lipinski definition) is 3. The second kappa shape index (κ2) is 7.66. The van der Waals surface area contributed by atoms with Crippen molar-refractivity contribution in [3.8, 4) is 6.07 Å². The van der Waals surface area contributed by atoms with E-state index in [0.717, 1.165) is 5.69 Å². The summed E-state index contributed by atoms with van der Waals surface area (Å²) in [5.41, 5.74) is 2.19. The minimum atomic E-state index is -0.120. The number of benzene rings is 1. The zero-order valence-electron chi connectivity index (χ0n) is 11.7. The second-order valence-electron chi connectivity index (χ2n) is 5.27. The summed E-state index contributed by atoms with van der Waals surface area (Å²) >= 11 is 0. The molecule has 0 unspecified atom stereocenters. The van der Waals surface area contributed by atoms with Gasteiger partial charge in [-0.3, -0.25) is 10.1 Å². The van der Waals surface area contributed by atoms with Crippen LogP contribution in [0.5, 0.6) is 0 Å². The molecule has 1 amide bonds. The van der Waals surface area contributed by atoms with E-state index in [1.807, 2.05) is 18.2 Å². The third-order valence-electron chi connectivity index (χ3n) is 3.76. The number of carbonyl (C=O) groups is 1. The molecule has 4 nitrogen and oxygen atoms in total. The van der Waals surface area contributed by atoms with Gasteiger partial charge in [0.25, 0.3) is 0 Å². The summed E-state index contributed by atoms with van der Waals surface area (Å²) in [6.45, 7) is 0.353. The number of nitrogens with zero attached hydrogens (tertiary/aromatic N) is 1. The molecule has 1 fully saturated rings. The Morgan fingerprint density at radius 2 is 1.90 bits per heavy atom. The van der Waals surface area contributed by atoms with Gasteiger partial charge in [0.2, 0.25) is 5.91 Å². The molecule has 106 valence electrons. The van der Waals surface area contributed by atoms with Gasteiger partial charge in [-0.25, -0.2) is 0 Å². The fourth-order valence-electron chi connectivity index (χ4n) is 2.71. The molecule has 1 aliphatic rings. The van der Waals surface area contributed by atoms with Gasteiger partial charge in [-0.15, -0.1) is 0 Å². The maximum atomic E-state index is 11.6. The van der Waals surface area contributed by atoms with Crippen LogP contribution in [0.15, 0.2) is 24.3 Å². The minimum Gasteiger partial charge on any atom is -0.325 e. The zero-order chi connectivity index (χ0) is 14.2. The predicted molar refractivity (Wildman–Crippen MR) is 79.4 cm³/mol. The number of anilines is 1. The molecule has 0 aromatic heterocycles. The van der Waals surface area contributed by atoms with Crippen molar-refractivity contribution in [1.29, 1.82) is 5.26 Å². The summed E-state index contributed by atoms with van der Waals surface area (Å²) in [5.74, 6) is 0.566. The number of hydrogen-bond donors (Lipinski definition) is 2. The SMILES string of the molecule is N#CCNCC(=O)Nc1ccc(C2CCCCC2)cc1. The van der Waals surface area contributed by atoms with Crippen molar-refractivity contribution in [2.24, 2.45) is 0 Å². The highest BCUT2D eigenvalue weighted by Crippen LogP contribution is 2.32. The predicted octanol–water partition coefficient (Wildman–Crippen LogP) is 2.79. The molecule has 0 bridgehead atoms. The first-order valence-corrected chi connectivity index (χ1v) is 7.27. The van der Waals surface area contributed by atoms with Crippen molar-refractivity contribution in [3.05, 3.63) is 29.8 Å². The Morgan fingerprint density at radius 1 is 1.20 bits per heavy atom. The van der Waals surface area contributed by atoms with Gasteiger partial charge in [0.1, 0.15) is 0 Å². The van der Waals surface area contributed by atoms with Crippen molar-refractivity contribution in [1.82, 2.24) is 5.32 Å². The van der Waals surface area contributed by atoms with Crippen LogP contribution in [0.25, 0.3) is 0 Å². The zero-order valence-corrected chi connectivity index (χ0v) is 11.7. The Hall–Kier alpha value is -1.86. The maximum Gasteiger partial charge on any atom is 0.238 e. The van der Waals surface area contributed by atoms with Crippen LogP contribution in [0.4, 0.5) is 5.69 Å². The summed E-state index contributed by atoms with van der Waals surface area (Å²) in [6.07, 6.45) is 6.58. The highest BCUT2D eigenvalue weighted by atomic mass is 16.1. The van der Waals surface area contributed by atoms with Crippen LogP contribution in [0, 0.1) is 11.3 Å². The molecule has 1 saturated carbocycles. The summed E-state index contributed by atoms with van der Waals surface area (Å²) in [4.78, 5) is 11.6. The van der Waals surface area contributed by atoms with Gasteiger partial charge in [-0.2, -0.15) is 5.26 Å². The van der Waals surface area contributed by atoms with E-state index in [-0.39, 0.29) is 19.0 Å². The van der Waals surface area contributed by atoms with Gasteiger partial charge in [0.15, 0.2) is 0 Å². The van der Waals surface area contributed by atoms with Gasteiger partial charge >= 0.3 is 0 Å². The lowest BCUT2D eigenvalue weighted by molar-refractivity contribution is -0.115. The van der Waals surface area contributed by atoms with Crippen LogP contribution in [0.2, 0.25) is 0 Å². The van der Waals surface area contributed by atoms with E-state index in [2.05, 4.69) is 22.8 Å². The Morgan fingerprint density at radius 3 is 2.55 bits per heavy atom. The van der Waals surface area contributed by atoms with E-state index in [9.17, 15) is 4.79 Å². The summed E-state index contributed by atoms with van der Waals surface area (Å²) in [5, 5.41) is 13.9. The molecule has 4 heteroatoms. The molecule has 0 radical (unpaired) electrons. The molecule has 0 atom stereocenters. The van der Waals surface area contributed by atoms with E-state index >= 15 is 0 Å². The lowest BCUT2D eigenvalue weighted by Gasteiger charge is -2.22. The van der Waals surface area contributed by atoms with Crippen LogP contribution in [0.1, 0.15) is 43.6 Å². The summed E-state index contributed by atoms with van der Waals surface area (Å²) in [7, 11) is 0. The Bertz CT molecular complexity index is 469. The molecule has 2 rings (SSSR count). The van der Waals surface area contributed by atoms with Crippen LogP contribution in [-0.4, -0.2) is 19.0 Å². The first kappa shape index (κ1) is 14.5. The fraction of sp³-hybridized carbons (Fsp3) is 0.500. The third kappa shape index (κ3) is 4.36.